The molecule has 1 saturated heterocycles. The monoisotopic (exact) mass is 217 g/mol. The van der Waals surface area contributed by atoms with Crippen molar-refractivity contribution in [1.82, 2.24) is 4.90 Å². The molecule has 0 amide bonds. The van der Waals surface area contributed by atoms with Crippen LogP contribution in [0, 0.1) is 0 Å². The summed E-state index contributed by atoms with van der Waals surface area (Å²) in [5.74, 6) is 0. The fraction of sp³-hybridized carbons (Fsp3) is 1.00. The molecule has 0 aliphatic carbocycles. The van der Waals surface area contributed by atoms with Crippen LogP contribution in [0.4, 0.5) is 0 Å². The van der Waals surface area contributed by atoms with E-state index >= 15 is 0 Å². The van der Waals surface area contributed by atoms with Gasteiger partial charge in [0.25, 0.3) is 0 Å². The molecule has 1 unspecified atom stereocenters. The standard InChI is InChI=1S/C11H23NO3/c1-8(13)7-14-11-6-10(12(3)4)5-9(2)15-11/h8-11,13H,5-7H2,1-4H3/t8?,9-,10+,11-/m1/s1. The Morgan fingerprint density at radius 3 is 2.67 bits per heavy atom. The molecular weight excluding hydrogens is 194 g/mol. The third-order valence-corrected chi connectivity index (χ3v) is 2.71. The molecule has 15 heavy (non-hydrogen) atoms. The Hall–Kier alpha value is -0.160. The van der Waals surface area contributed by atoms with E-state index in [0.717, 1.165) is 12.8 Å². The highest BCUT2D eigenvalue weighted by molar-refractivity contribution is 4.76. The van der Waals surface area contributed by atoms with Crippen LogP contribution in [0.5, 0.6) is 0 Å². The minimum absolute atomic E-state index is 0.171. The number of hydrogen-bond donors (Lipinski definition) is 1. The van der Waals surface area contributed by atoms with Gasteiger partial charge in [-0.15, -0.1) is 0 Å². The Morgan fingerprint density at radius 1 is 1.47 bits per heavy atom. The maximum Gasteiger partial charge on any atom is 0.159 e. The van der Waals surface area contributed by atoms with Crippen molar-refractivity contribution in [3.05, 3.63) is 0 Å². The molecule has 0 aromatic rings. The van der Waals surface area contributed by atoms with Crippen LogP contribution in [-0.2, 0) is 9.47 Å². The average molecular weight is 217 g/mol. The predicted molar refractivity (Wildman–Crippen MR) is 58.7 cm³/mol. The predicted octanol–water partition coefficient (Wildman–Crippen LogP) is 0.839. The Morgan fingerprint density at radius 2 is 2.13 bits per heavy atom. The lowest BCUT2D eigenvalue weighted by Gasteiger charge is -2.37. The second-order valence-corrected chi connectivity index (χ2v) is 4.65. The molecule has 0 aromatic carbocycles. The van der Waals surface area contributed by atoms with Gasteiger partial charge in [0, 0.05) is 12.5 Å². The van der Waals surface area contributed by atoms with Gasteiger partial charge in [0.05, 0.1) is 18.8 Å². The van der Waals surface area contributed by atoms with Crippen molar-refractivity contribution in [2.75, 3.05) is 20.7 Å². The first kappa shape index (κ1) is 12.9. The number of aliphatic hydroxyl groups is 1. The lowest BCUT2D eigenvalue weighted by atomic mass is 10.0. The normalized spacial score (nSPS) is 34.4. The number of nitrogens with zero attached hydrogens (tertiary/aromatic N) is 1. The van der Waals surface area contributed by atoms with Crippen LogP contribution < -0.4 is 0 Å². The minimum atomic E-state index is -0.427. The van der Waals surface area contributed by atoms with E-state index in [1.807, 2.05) is 0 Å². The van der Waals surface area contributed by atoms with Crippen LogP contribution in [0.2, 0.25) is 0 Å². The van der Waals surface area contributed by atoms with Crippen LogP contribution in [0.25, 0.3) is 0 Å². The molecule has 1 fully saturated rings. The zero-order valence-electron chi connectivity index (χ0n) is 10.1. The largest absolute Gasteiger partial charge is 0.391 e. The van der Waals surface area contributed by atoms with Crippen LogP contribution in [0.1, 0.15) is 26.7 Å². The lowest BCUT2D eigenvalue weighted by molar-refractivity contribution is -0.209. The van der Waals surface area contributed by atoms with Crippen molar-refractivity contribution in [3.8, 4) is 0 Å². The van der Waals surface area contributed by atoms with E-state index in [-0.39, 0.29) is 12.4 Å². The number of aliphatic hydroxyl groups excluding tert-OH is 1. The number of rotatable bonds is 4. The summed E-state index contributed by atoms with van der Waals surface area (Å²) in [7, 11) is 4.16. The molecule has 4 heteroatoms. The van der Waals surface area contributed by atoms with E-state index in [9.17, 15) is 0 Å². The van der Waals surface area contributed by atoms with E-state index in [0.29, 0.717) is 12.6 Å². The van der Waals surface area contributed by atoms with E-state index in [2.05, 4.69) is 25.9 Å². The fourth-order valence-corrected chi connectivity index (χ4v) is 1.85. The molecular formula is C11H23NO3. The summed E-state index contributed by atoms with van der Waals surface area (Å²) in [4.78, 5) is 2.21. The first-order chi connectivity index (χ1) is 6.99. The van der Waals surface area contributed by atoms with E-state index in [1.54, 1.807) is 6.92 Å². The summed E-state index contributed by atoms with van der Waals surface area (Å²) in [6.45, 7) is 4.13. The fourth-order valence-electron chi connectivity index (χ4n) is 1.85. The highest BCUT2D eigenvalue weighted by Crippen LogP contribution is 2.23. The Labute approximate surface area is 92.2 Å². The highest BCUT2D eigenvalue weighted by atomic mass is 16.7. The highest BCUT2D eigenvalue weighted by Gasteiger charge is 2.28. The first-order valence-electron chi connectivity index (χ1n) is 5.60. The number of ether oxygens (including phenoxy) is 2. The van der Waals surface area contributed by atoms with Crippen molar-refractivity contribution in [3.63, 3.8) is 0 Å². The molecule has 1 aliphatic heterocycles. The summed E-state index contributed by atoms with van der Waals surface area (Å²) in [5.41, 5.74) is 0. The van der Waals surface area contributed by atoms with Gasteiger partial charge in [-0.3, -0.25) is 0 Å². The van der Waals surface area contributed by atoms with E-state index in [4.69, 9.17) is 14.6 Å². The van der Waals surface area contributed by atoms with Gasteiger partial charge in [0.1, 0.15) is 0 Å². The van der Waals surface area contributed by atoms with Gasteiger partial charge in [0.2, 0.25) is 0 Å². The van der Waals surface area contributed by atoms with E-state index in [1.165, 1.54) is 0 Å². The third kappa shape index (κ3) is 4.47. The molecule has 1 heterocycles. The first-order valence-corrected chi connectivity index (χ1v) is 5.60. The quantitative estimate of drug-likeness (QED) is 0.757. The Kier molecular flexibility index (Phi) is 4.99. The molecule has 1 aliphatic rings. The summed E-state index contributed by atoms with van der Waals surface area (Å²) >= 11 is 0. The van der Waals surface area contributed by atoms with Gasteiger partial charge in [-0.2, -0.15) is 0 Å². The summed E-state index contributed by atoms with van der Waals surface area (Å²) in [6.07, 6.45) is 1.55. The third-order valence-electron chi connectivity index (χ3n) is 2.71. The molecule has 0 aromatic heterocycles. The SMILES string of the molecule is CC(O)CO[C@H]1C[C@@H](N(C)C)C[C@@H](C)O1. The van der Waals surface area contributed by atoms with Crippen molar-refractivity contribution >= 4 is 0 Å². The second kappa shape index (κ2) is 5.80. The van der Waals surface area contributed by atoms with Gasteiger partial charge in [-0.1, -0.05) is 0 Å². The van der Waals surface area contributed by atoms with Gasteiger partial charge in [0.15, 0.2) is 6.29 Å². The van der Waals surface area contributed by atoms with Crippen molar-refractivity contribution in [2.24, 2.45) is 0 Å². The Balaban J connectivity index is 2.37. The van der Waals surface area contributed by atoms with Crippen LogP contribution in [0.15, 0.2) is 0 Å². The maximum atomic E-state index is 9.13. The van der Waals surface area contributed by atoms with Crippen molar-refractivity contribution in [1.29, 1.82) is 0 Å². The topological polar surface area (TPSA) is 41.9 Å². The van der Waals surface area contributed by atoms with Gasteiger partial charge in [-0.25, -0.2) is 0 Å². The average Bonchev–Trinajstić information content (AvgIpc) is 2.13. The smallest absolute Gasteiger partial charge is 0.159 e. The van der Waals surface area contributed by atoms with Crippen LogP contribution >= 0.6 is 0 Å². The molecule has 90 valence electrons. The van der Waals surface area contributed by atoms with Gasteiger partial charge in [-0.05, 0) is 34.4 Å². The maximum absolute atomic E-state index is 9.13. The minimum Gasteiger partial charge on any atom is -0.391 e. The van der Waals surface area contributed by atoms with Crippen LogP contribution in [-0.4, -0.2) is 55.2 Å². The second-order valence-electron chi connectivity index (χ2n) is 4.65. The molecule has 0 radical (unpaired) electrons. The molecule has 0 saturated carbocycles. The number of hydrogen-bond acceptors (Lipinski definition) is 4. The van der Waals surface area contributed by atoms with Gasteiger partial charge < -0.3 is 19.5 Å². The van der Waals surface area contributed by atoms with Gasteiger partial charge >= 0.3 is 0 Å². The molecule has 1 N–H and O–H groups in total. The zero-order chi connectivity index (χ0) is 11.4. The zero-order valence-corrected chi connectivity index (χ0v) is 10.1. The van der Waals surface area contributed by atoms with E-state index < -0.39 is 6.10 Å². The van der Waals surface area contributed by atoms with Crippen molar-refractivity contribution < 1.29 is 14.6 Å². The molecule has 0 bridgehead atoms. The summed E-state index contributed by atoms with van der Waals surface area (Å²) in [5, 5.41) is 9.13. The lowest BCUT2D eigenvalue weighted by Crippen LogP contribution is -2.43. The summed E-state index contributed by atoms with van der Waals surface area (Å²) in [6, 6.07) is 0.507. The molecule has 0 spiro atoms. The van der Waals surface area contributed by atoms with Crippen molar-refractivity contribution in [2.45, 2.75) is 51.2 Å². The van der Waals surface area contributed by atoms with Crippen LogP contribution in [0.3, 0.4) is 0 Å². The Bertz CT molecular complexity index is 185. The summed E-state index contributed by atoms with van der Waals surface area (Å²) < 4.78 is 11.2. The molecule has 4 nitrogen and oxygen atoms in total. The molecule has 1 rings (SSSR count). The molecule has 4 atom stereocenters.